The molecule has 0 N–H and O–H groups in total. The number of hydrogen-bond donors (Lipinski definition) is 0. The number of halogens is 7. The lowest BCUT2D eigenvalue weighted by Crippen LogP contribution is -2.21. The van der Waals surface area contributed by atoms with Crippen LogP contribution >= 0.6 is 37.0 Å². The Morgan fingerprint density at radius 3 is 1.19 bits per heavy atom. The molecule has 3 nitrogen and oxygen atoms in total. The normalized spacial score (nSPS) is 14.9. The second kappa shape index (κ2) is 13.4. The largest absolute Gasteiger partial charge is 0.206 e. The van der Waals surface area contributed by atoms with Gasteiger partial charge in [-0.1, -0.05) is 17.8 Å². The molecule has 48 heavy (non-hydrogen) atoms. The van der Waals surface area contributed by atoms with Crippen molar-refractivity contribution in [3.05, 3.63) is 96.4 Å². The van der Waals surface area contributed by atoms with E-state index in [2.05, 4.69) is 5.92 Å². The first-order valence-corrected chi connectivity index (χ1v) is 15.1. The predicted molar refractivity (Wildman–Crippen MR) is 183 cm³/mol. The minimum absolute atomic E-state index is 0.243. The Labute approximate surface area is 279 Å². The van der Waals surface area contributed by atoms with Gasteiger partial charge >= 0.3 is 0 Å². The van der Waals surface area contributed by atoms with Crippen molar-refractivity contribution in [2.45, 2.75) is 6.92 Å². The van der Waals surface area contributed by atoms with Crippen LogP contribution in [0.25, 0.3) is 16.7 Å². The molecule has 1 aliphatic carbocycles. The molecular weight excluding hydrogens is 707 g/mol. The molecule has 4 rings (SSSR count). The fourth-order valence-electron chi connectivity index (χ4n) is 5.04. The number of nitrogens with zero attached hydrogens (tertiary/aromatic N) is 3. The van der Waals surface area contributed by atoms with Gasteiger partial charge in [0.25, 0.3) is 0 Å². The molecule has 0 spiro atoms. The van der Waals surface area contributed by atoms with Crippen molar-refractivity contribution >= 4 is 74.9 Å². The van der Waals surface area contributed by atoms with E-state index < -0.39 is 118 Å². The molecule has 3 aromatic carbocycles. The highest BCUT2D eigenvalue weighted by atomic mass is 31.0. The van der Waals surface area contributed by atoms with E-state index in [0.717, 1.165) is 6.92 Å². The Morgan fingerprint density at radius 2 is 0.812 bits per heavy atom. The minimum atomic E-state index is -1.87. The van der Waals surface area contributed by atoms with E-state index in [-0.39, 0.29) is 16.2 Å². The van der Waals surface area contributed by atoms with Crippen molar-refractivity contribution in [3.63, 3.8) is 0 Å². The lowest BCUT2D eigenvalue weighted by molar-refractivity contribution is 0.492. The second-order valence-corrected chi connectivity index (χ2v) is 12.1. The molecule has 0 aromatic heterocycles. The third-order valence-electron chi connectivity index (χ3n) is 7.41. The van der Waals surface area contributed by atoms with Crippen molar-refractivity contribution in [1.82, 2.24) is 0 Å². The highest BCUT2D eigenvalue weighted by Crippen LogP contribution is 2.56. The van der Waals surface area contributed by atoms with E-state index in [1.54, 1.807) is 33.4 Å². The van der Waals surface area contributed by atoms with Crippen molar-refractivity contribution < 1.29 is 30.7 Å². The van der Waals surface area contributed by atoms with E-state index >= 15 is 26.3 Å². The van der Waals surface area contributed by atoms with Gasteiger partial charge in [-0.3, -0.25) is 0 Å². The maximum absolute atomic E-state index is 15.9. The number of nitriles is 3. The third kappa shape index (κ3) is 5.21. The van der Waals surface area contributed by atoms with Crippen LogP contribution in [0.3, 0.4) is 0 Å². The fourth-order valence-corrected chi connectivity index (χ4v) is 6.81. The number of hydrogen-bond acceptors (Lipinski definition) is 3. The van der Waals surface area contributed by atoms with Gasteiger partial charge in [0.15, 0.2) is 11.6 Å². The average Bonchev–Trinajstić information content (AvgIpc) is 3.78. The van der Waals surface area contributed by atoms with Crippen LogP contribution in [0.2, 0.25) is 0 Å². The van der Waals surface area contributed by atoms with Crippen LogP contribution in [0.1, 0.15) is 38.9 Å². The van der Waals surface area contributed by atoms with Crippen LogP contribution in [0, 0.1) is 119 Å². The number of allylic oxidation sites excluding steroid dienone is 6. The highest BCUT2D eigenvalue weighted by molar-refractivity contribution is 7.30. The van der Waals surface area contributed by atoms with E-state index in [1.807, 2.05) is 33.6 Å². The van der Waals surface area contributed by atoms with Gasteiger partial charge in [0, 0.05) is 60.2 Å². The molecule has 1 fully saturated rings. The van der Waals surface area contributed by atoms with Crippen LogP contribution < -0.4 is 21.2 Å². The van der Waals surface area contributed by atoms with Gasteiger partial charge in [0.2, 0.25) is 0 Å². The van der Waals surface area contributed by atoms with Gasteiger partial charge in [-0.15, -0.1) is 56.2 Å². The average molecular weight is 721 g/mol. The van der Waals surface area contributed by atoms with Gasteiger partial charge < -0.3 is 0 Å². The summed E-state index contributed by atoms with van der Waals surface area (Å²) in [5.74, 6) is -4.50. The van der Waals surface area contributed by atoms with E-state index in [4.69, 9.17) is 19.3 Å². The van der Waals surface area contributed by atoms with Crippen molar-refractivity contribution in [2.24, 2.45) is 0 Å². The topological polar surface area (TPSA) is 71.4 Å². The zero-order valence-corrected chi connectivity index (χ0v) is 28.6. The fraction of sp³-hybridized carbons (Fsp3) is 0.0294. The molecular formula is C34H14F7N3P4. The molecule has 4 atom stereocenters. The van der Waals surface area contributed by atoms with Crippen LogP contribution in [0.5, 0.6) is 0 Å². The molecule has 1 aliphatic rings. The molecule has 14 heteroatoms. The second-order valence-electron chi connectivity index (χ2n) is 9.75. The summed E-state index contributed by atoms with van der Waals surface area (Å²) >= 11 is 0. The number of terminal acetylenes is 3. The van der Waals surface area contributed by atoms with Crippen molar-refractivity contribution in [3.8, 4) is 55.2 Å². The Kier molecular flexibility index (Phi) is 10.1. The van der Waals surface area contributed by atoms with E-state index in [9.17, 15) is 20.2 Å². The molecule has 0 radical (unpaired) electrons. The molecule has 0 saturated heterocycles. The minimum Gasteiger partial charge on any atom is -0.206 e. The third-order valence-corrected chi connectivity index (χ3v) is 9.58. The monoisotopic (exact) mass is 721 g/mol. The van der Waals surface area contributed by atoms with Gasteiger partial charge in [-0.25, -0.2) is 30.7 Å². The SMILES string of the molecule is C#Cc1c(C)c(F)c(/C(C#N)=C2/C(=C(C#N)c3c(F)c(P)c(C#C)c(P)c3F)/C2=C(/C#N)c2c(F)c(F)c(C#C)c(F)c2P)c(P)c1F. The van der Waals surface area contributed by atoms with Gasteiger partial charge in [-0.2, -0.15) is 15.8 Å². The molecule has 4 unspecified atom stereocenters. The summed E-state index contributed by atoms with van der Waals surface area (Å²) < 4.78 is 108. The molecule has 0 aliphatic heterocycles. The summed E-state index contributed by atoms with van der Waals surface area (Å²) in [5.41, 5.74) is -9.54. The van der Waals surface area contributed by atoms with Gasteiger partial charge in [-0.05, 0) is 6.92 Å². The summed E-state index contributed by atoms with van der Waals surface area (Å²) in [6.07, 6.45) is 15.8. The summed E-state index contributed by atoms with van der Waals surface area (Å²) in [6.45, 7) is 1.11. The summed E-state index contributed by atoms with van der Waals surface area (Å²) in [7, 11) is 7.52. The van der Waals surface area contributed by atoms with Crippen LogP contribution in [0.4, 0.5) is 30.7 Å². The Hall–Kier alpha value is -4.74. The molecule has 0 bridgehead atoms. The van der Waals surface area contributed by atoms with Gasteiger partial charge in [0.1, 0.15) is 47.3 Å². The maximum atomic E-state index is 15.9. The highest BCUT2D eigenvalue weighted by Gasteiger charge is 2.45. The Morgan fingerprint density at radius 1 is 0.458 bits per heavy atom. The first-order chi connectivity index (χ1) is 22.6. The Bertz CT molecular complexity index is 2070. The smallest absolute Gasteiger partial charge is 0.178 e. The summed E-state index contributed by atoms with van der Waals surface area (Å²) in [5, 5.41) is 28.8. The molecule has 3 aromatic rings. The number of rotatable bonds is 3. The van der Waals surface area contributed by atoms with Crippen LogP contribution in [-0.4, -0.2) is 0 Å². The van der Waals surface area contributed by atoms with Crippen molar-refractivity contribution in [1.29, 1.82) is 15.8 Å². The standard InChI is InChI=1S/C34H14F7N3P4/c1-5-12-11(4)24(35)22(33(47)26(12)37)16(9-43)19-18(15(8-42)21-29(40)31(45)14(7-3)32(46)30(21)41)20(19)17(10-44)23-28(39)25(36)13(6-2)27(38)34(23)48/h1-3H,45-48H2,4H3/b18-15?,19-16-,20-17+. The van der Waals surface area contributed by atoms with Crippen LogP contribution in [-0.2, 0) is 0 Å². The lowest BCUT2D eigenvalue weighted by atomic mass is 9.97. The molecule has 0 amide bonds. The summed E-state index contributed by atoms with van der Waals surface area (Å²) in [6, 6.07) is 4.77. The molecule has 1 saturated carbocycles. The van der Waals surface area contributed by atoms with E-state index in [1.165, 1.54) is 0 Å². The Balaban J connectivity index is 2.38. The summed E-state index contributed by atoms with van der Waals surface area (Å²) in [4.78, 5) is 0. The van der Waals surface area contributed by atoms with Crippen LogP contribution in [0.15, 0.2) is 16.7 Å². The lowest BCUT2D eigenvalue weighted by Gasteiger charge is -2.13. The quantitative estimate of drug-likeness (QED) is 0.124. The van der Waals surface area contributed by atoms with E-state index in [0.29, 0.717) is 0 Å². The first-order valence-electron chi connectivity index (χ1n) is 12.8. The first kappa shape index (κ1) is 36.1. The maximum Gasteiger partial charge on any atom is 0.178 e. The number of benzene rings is 3. The molecule has 234 valence electrons. The molecule has 0 heterocycles. The zero-order valence-electron chi connectivity index (χ0n) is 24.0. The van der Waals surface area contributed by atoms with Crippen molar-refractivity contribution in [2.75, 3.05) is 0 Å². The predicted octanol–water partition coefficient (Wildman–Crippen LogP) is 5.16. The van der Waals surface area contributed by atoms with Gasteiger partial charge in [0.05, 0.1) is 33.4 Å². The zero-order chi connectivity index (χ0) is 36.1.